The number of amides is 1. The fraction of sp³-hybridized carbons (Fsp3) is 0.167. The Morgan fingerprint density at radius 1 is 1.47 bits per heavy atom. The Morgan fingerprint density at radius 2 is 2.24 bits per heavy atom. The van der Waals surface area contributed by atoms with E-state index in [1.54, 1.807) is 25.1 Å². The quantitative estimate of drug-likeness (QED) is 0.755. The maximum Gasteiger partial charge on any atom is 0.273 e. The molecule has 1 aromatic rings. The van der Waals surface area contributed by atoms with E-state index in [9.17, 15) is 9.90 Å². The van der Waals surface area contributed by atoms with E-state index in [4.69, 9.17) is 4.74 Å². The molecule has 2 rings (SSSR count). The van der Waals surface area contributed by atoms with Gasteiger partial charge in [0.15, 0.2) is 11.5 Å². The van der Waals surface area contributed by atoms with Crippen LogP contribution in [0.3, 0.4) is 0 Å². The van der Waals surface area contributed by atoms with Gasteiger partial charge in [0, 0.05) is 0 Å². The lowest BCUT2D eigenvalue weighted by Gasteiger charge is -2.04. The lowest BCUT2D eigenvalue weighted by molar-refractivity contribution is -0.116. The highest BCUT2D eigenvalue weighted by atomic mass is 16.5. The number of hydrazone groups is 1. The Morgan fingerprint density at radius 3 is 2.82 bits per heavy atom. The van der Waals surface area contributed by atoms with E-state index in [-0.39, 0.29) is 11.7 Å². The topological polar surface area (TPSA) is 70.9 Å². The number of ether oxygens (including phenoxy) is 1. The standard InChI is InChI=1S/C12H12N2O3/c1-7-9(12(16)14-13-7)5-8-3-4-10(15)11(6-8)17-2/h3-6,15H,1-2H3,(H,14,16)/b9-5+. The molecule has 0 spiro atoms. The number of carbonyl (C=O) groups excluding carboxylic acids is 1. The van der Waals surface area contributed by atoms with Crippen molar-refractivity contribution >= 4 is 17.7 Å². The minimum Gasteiger partial charge on any atom is -0.504 e. The number of methoxy groups -OCH3 is 1. The van der Waals surface area contributed by atoms with Gasteiger partial charge in [-0.2, -0.15) is 5.10 Å². The van der Waals surface area contributed by atoms with Crippen LogP contribution in [0.15, 0.2) is 28.9 Å². The van der Waals surface area contributed by atoms with Crippen molar-refractivity contribution in [1.29, 1.82) is 0 Å². The second-order valence-corrected chi connectivity index (χ2v) is 3.63. The summed E-state index contributed by atoms with van der Waals surface area (Å²) in [4.78, 5) is 11.4. The molecule has 0 saturated carbocycles. The summed E-state index contributed by atoms with van der Waals surface area (Å²) >= 11 is 0. The van der Waals surface area contributed by atoms with Gasteiger partial charge < -0.3 is 9.84 Å². The first-order chi connectivity index (χ1) is 8.11. The van der Waals surface area contributed by atoms with E-state index in [1.165, 1.54) is 13.2 Å². The molecular formula is C12H12N2O3. The Labute approximate surface area is 98.4 Å². The number of phenols is 1. The predicted molar refractivity (Wildman–Crippen MR) is 63.9 cm³/mol. The predicted octanol–water partition coefficient (Wildman–Crippen LogP) is 1.29. The first-order valence-corrected chi connectivity index (χ1v) is 5.05. The highest BCUT2D eigenvalue weighted by Crippen LogP contribution is 2.27. The molecule has 0 saturated heterocycles. The van der Waals surface area contributed by atoms with E-state index in [0.29, 0.717) is 17.0 Å². The molecule has 88 valence electrons. The van der Waals surface area contributed by atoms with Gasteiger partial charge in [0.25, 0.3) is 5.91 Å². The van der Waals surface area contributed by atoms with Crippen LogP contribution in [0.5, 0.6) is 11.5 Å². The van der Waals surface area contributed by atoms with Crippen molar-refractivity contribution in [2.24, 2.45) is 5.10 Å². The summed E-state index contributed by atoms with van der Waals surface area (Å²) in [5.74, 6) is 0.206. The van der Waals surface area contributed by atoms with Gasteiger partial charge >= 0.3 is 0 Å². The maximum atomic E-state index is 11.4. The molecule has 5 heteroatoms. The minimum absolute atomic E-state index is 0.0657. The lowest BCUT2D eigenvalue weighted by Crippen LogP contribution is -2.12. The average Bonchev–Trinajstić information content (AvgIpc) is 2.63. The fourth-order valence-electron chi connectivity index (χ4n) is 1.54. The van der Waals surface area contributed by atoms with Crippen molar-refractivity contribution in [3.05, 3.63) is 29.3 Å². The molecule has 0 fully saturated rings. The van der Waals surface area contributed by atoms with Gasteiger partial charge in [-0.1, -0.05) is 6.07 Å². The molecule has 0 aliphatic carbocycles. The second-order valence-electron chi connectivity index (χ2n) is 3.63. The molecule has 1 aromatic carbocycles. The van der Waals surface area contributed by atoms with Crippen LogP contribution >= 0.6 is 0 Å². The second kappa shape index (κ2) is 4.29. The van der Waals surface area contributed by atoms with Gasteiger partial charge in [0.2, 0.25) is 0 Å². The number of nitrogens with one attached hydrogen (secondary N) is 1. The first kappa shape index (κ1) is 11.2. The van der Waals surface area contributed by atoms with E-state index >= 15 is 0 Å². The van der Waals surface area contributed by atoms with Gasteiger partial charge in [-0.3, -0.25) is 4.79 Å². The van der Waals surface area contributed by atoms with Crippen molar-refractivity contribution in [3.8, 4) is 11.5 Å². The van der Waals surface area contributed by atoms with Crippen molar-refractivity contribution < 1.29 is 14.6 Å². The van der Waals surface area contributed by atoms with Crippen LogP contribution in [-0.2, 0) is 4.79 Å². The van der Waals surface area contributed by atoms with Crippen LogP contribution in [0.2, 0.25) is 0 Å². The summed E-state index contributed by atoms with van der Waals surface area (Å²) < 4.78 is 4.99. The molecule has 0 radical (unpaired) electrons. The van der Waals surface area contributed by atoms with Crippen LogP contribution in [0.4, 0.5) is 0 Å². The third-order valence-corrected chi connectivity index (χ3v) is 2.47. The number of nitrogens with zero attached hydrogens (tertiary/aromatic N) is 1. The smallest absolute Gasteiger partial charge is 0.273 e. The highest BCUT2D eigenvalue weighted by molar-refractivity contribution is 6.26. The third kappa shape index (κ3) is 2.13. The van der Waals surface area contributed by atoms with E-state index in [2.05, 4.69) is 10.5 Å². The van der Waals surface area contributed by atoms with E-state index < -0.39 is 0 Å². The normalized spacial score (nSPS) is 16.9. The zero-order chi connectivity index (χ0) is 12.4. The van der Waals surface area contributed by atoms with Gasteiger partial charge in [0.05, 0.1) is 18.4 Å². The molecule has 17 heavy (non-hydrogen) atoms. The molecule has 1 aliphatic heterocycles. The molecule has 1 aliphatic rings. The maximum absolute atomic E-state index is 11.4. The van der Waals surface area contributed by atoms with Crippen LogP contribution in [-0.4, -0.2) is 23.8 Å². The molecule has 0 bridgehead atoms. The Balaban J connectivity index is 2.39. The van der Waals surface area contributed by atoms with Gasteiger partial charge in [0.1, 0.15) is 0 Å². The SMILES string of the molecule is COc1cc(/C=C2/C(=O)NN=C2C)ccc1O. The molecule has 1 heterocycles. The van der Waals surface area contributed by atoms with Crippen LogP contribution < -0.4 is 10.2 Å². The minimum atomic E-state index is -0.227. The molecule has 0 unspecified atom stereocenters. The average molecular weight is 232 g/mol. The summed E-state index contributed by atoms with van der Waals surface area (Å²) in [5.41, 5.74) is 4.30. The summed E-state index contributed by atoms with van der Waals surface area (Å²) in [6.45, 7) is 1.75. The van der Waals surface area contributed by atoms with Crippen molar-refractivity contribution in [2.45, 2.75) is 6.92 Å². The lowest BCUT2D eigenvalue weighted by atomic mass is 10.1. The van der Waals surface area contributed by atoms with Crippen molar-refractivity contribution in [2.75, 3.05) is 7.11 Å². The zero-order valence-electron chi connectivity index (χ0n) is 9.52. The first-order valence-electron chi connectivity index (χ1n) is 5.05. The third-order valence-electron chi connectivity index (χ3n) is 2.47. The molecular weight excluding hydrogens is 220 g/mol. The Bertz CT molecular complexity index is 533. The Kier molecular flexibility index (Phi) is 2.82. The summed E-state index contributed by atoms with van der Waals surface area (Å²) in [6, 6.07) is 4.87. The molecule has 1 amide bonds. The number of aromatic hydroxyl groups is 1. The summed E-state index contributed by atoms with van der Waals surface area (Å²) in [5, 5.41) is 13.3. The van der Waals surface area contributed by atoms with Crippen LogP contribution in [0.25, 0.3) is 6.08 Å². The van der Waals surface area contributed by atoms with Gasteiger partial charge in [-0.15, -0.1) is 0 Å². The van der Waals surface area contributed by atoms with Gasteiger partial charge in [-0.25, -0.2) is 5.43 Å². The number of carbonyl (C=O) groups is 1. The molecule has 5 nitrogen and oxygen atoms in total. The zero-order valence-corrected chi connectivity index (χ0v) is 9.52. The number of benzene rings is 1. The molecule has 0 aromatic heterocycles. The van der Waals surface area contributed by atoms with Crippen molar-refractivity contribution in [1.82, 2.24) is 5.43 Å². The highest BCUT2D eigenvalue weighted by Gasteiger charge is 2.18. The summed E-state index contributed by atoms with van der Waals surface area (Å²) in [7, 11) is 1.47. The molecule has 0 atom stereocenters. The Hall–Kier alpha value is -2.30. The number of hydrogen-bond donors (Lipinski definition) is 2. The monoisotopic (exact) mass is 232 g/mol. The van der Waals surface area contributed by atoms with Gasteiger partial charge in [-0.05, 0) is 30.7 Å². The van der Waals surface area contributed by atoms with E-state index in [1.807, 2.05) is 0 Å². The fourth-order valence-corrected chi connectivity index (χ4v) is 1.54. The van der Waals surface area contributed by atoms with E-state index in [0.717, 1.165) is 5.56 Å². The largest absolute Gasteiger partial charge is 0.504 e. The van der Waals surface area contributed by atoms with Crippen LogP contribution in [0, 0.1) is 0 Å². The number of phenolic OH excluding ortho intramolecular Hbond substituents is 1. The van der Waals surface area contributed by atoms with Crippen LogP contribution in [0.1, 0.15) is 12.5 Å². The summed E-state index contributed by atoms with van der Waals surface area (Å²) in [6.07, 6.45) is 1.70. The molecule has 2 N–H and O–H groups in total. The van der Waals surface area contributed by atoms with Crippen molar-refractivity contribution in [3.63, 3.8) is 0 Å². The number of rotatable bonds is 2. The number of hydrogen-bond acceptors (Lipinski definition) is 4.